The summed E-state index contributed by atoms with van der Waals surface area (Å²) >= 11 is 5.82. The molecule has 32 heavy (non-hydrogen) atoms. The lowest BCUT2D eigenvalue weighted by molar-refractivity contribution is 0.0130. The van der Waals surface area contributed by atoms with E-state index in [9.17, 15) is 9.18 Å². The molecular weight excluding hydrogens is 430 g/mol. The van der Waals surface area contributed by atoms with Gasteiger partial charge in [0.25, 0.3) is 5.91 Å². The number of alkyl halides is 1. The molecule has 3 rings (SSSR count). The van der Waals surface area contributed by atoms with E-state index in [1.54, 1.807) is 0 Å². The van der Waals surface area contributed by atoms with Gasteiger partial charge in [-0.1, -0.05) is 39.3 Å². The van der Waals surface area contributed by atoms with Gasteiger partial charge < -0.3 is 10.2 Å². The summed E-state index contributed by atoms with van der Waals surface area (Å²) in [7, 11) is 0. The van der Waals surface area contributed by atoms with Gasteiger partial charge in [0.1, 0.15) is 11.5 Å². The normalized spacial score (nSPS) is 28.6. The summed E-state index contributed by atoms with van der Waals surface area (Å²) in [5, 5.41) is 2.79. The van der Waals surface area contributed by atoms with E-state index in [2.05, 4.69) is 37.9 Å². The van der Waals surface area contributed by atoms with Gasteiger partial charge >= 0.3 is 0 Å². The molecule has 3 atom stereocenters. The van der Waals surface area contributed by atoms with Gasteiger partial charge in [0, 0.05) is 30.2 Å². The van der Waals surface area contributed by atoms with Gasteiger partial charge in [-0.15, -0.1) is 0 Å². The Morgan fingerprint density at radius 1 is 1.25 bits per heavy atom. The Hall–Kier alpha value is -1.20. The fraction of sp³-hybridized carbons (Fsp3) is 0.731. The minimum absolute atomic E-state index is 0.0570. The average Bonchev–Trinajstić information content (AvgIpc) is 2.66. The van der Waals surface area contributed by atoms with E-state index in [0.29, 0.717) is 31.3 Å². The van der Waals surface area contributed by atoms with Crippen molar-refractivity contribution in [1.82, 2.24) is 10.2 Å². The van der Waals surface area contributed by atoms with Crippen LogP contribution in [-0.4, -0.2) is 42.7 Å². The number of amides is 1. The van der Waals surface area contributed by atoms with Gasteiger partial charge in [-0.2, -0.15) is 0 Å². The molecule has 1 amide bonds. The highest BCUT2D eigenvalue weighted by atomic mass is 35.5. The molecule has 1 saturated heterocycles. The first-order valence-corrected chi connectivity index (χ1v) is 12.5. The highest BCUT2D eigenvalue weighted by molar-refractivity contribution is 6.31. The summed E-state index contributed by atoms with van der Waals surface area (Å²) in [5.41, 5.74) is -1.02. The number of benzene rings is 1. The highest BCUT2D eigenvalue weighted by Crippen LogP contribution is 2.45. The van der Waals surface area contributed by atoms with Crippen molar-refractivity contribution >= 4 is 17.5 Å². The Labute approximate surface area is 197 Å². The second-order valence-electron chi connectivity index (χ2n) is 11.3. The van der Waals surface area contributed by atoms with E-state index in [1.807, 2.05) is 0 Å². The molecule has 2 fully saturated rings. The molecule has 180 valence electrons. The number of nitrogens with one attached hydrogen (secondary N) is 1. The van der Waals surface area contributed by atoms with Gasteiger partial charge in [-0.25, -0.2) is 8.78 Å². The van der Waals surface area contributed by atoms with Gasteiger partial charge in [-0.3, -0.25) is 4.79 Å². The number of likely N-dealkylation sites (tertiary alicyclic amines) is 1. The number of carbonyl (C=O) groups is 1. The second-order valence-corrected chi connectivity index (χ2v) is 11.8. The average molecular weight is 469 g/mol. The Morgan fingerprint density at radius 2 is 1.94 bits per heavy atom. The Balaban J connectivity index is 1.49. The predicted molar refractivity (Wildman–Crippen MR) is 127 cm³/mol. The van der Waals surface area contributed by atoms with Crippen molar-refractivity contribution in [3.63, 3.8) is 0 Å². The molecule has 0 spiro atoms. The molecule has 1 aliphatic heterocycles. The number of hydrogen-bond donors (Lipinski definition) is 1. The van der Waals surface area contributed by atoms with E-state index in [1.165, 1.54) is 31.7 Å². The van der Waals surface area contributed by atoms with Crippen molar-refractivity contribution in [2.45, 2.75) is 71.9 Å². The number of piperidine rings is 1. The first-order chi connectivity index (χ1) is 15.0. The van der Waals surface area contributed by atoms with Crippen LogP contribution in [0.5, 0.6) is 0 Å². The van der Waals surface area contributed by atoms with Crippen molar-refractivity contribution in [3.05, 3.63) is 34.6 Å². The molecule has 1 saturated carbocycles. The van der Waals surface area contributed by atoms with Crippen LogP contribution < -0.4 is 5.32 Å². The number of nitrogens with zero attached hydrogens (tertiary/aromatic N) is 1. The van der Waals surface area contributed by atoms with Crippen LogP contribution in [0.2, 0.25) is 5.02 Å². The third-order valence-electron chi connectivity index (χ3n) is 7.21. The molecule has 1 aromatic carbocycles. The quantitative estimate of drug-likeness (QED) is 0.495. The second kappa shape index (κ2) is 10.4. The summed E-state index contributed by atoms with van der Waals surface area (Å²) in [6.07, 6.45) is 5.93. The van der Waals surface area contributed by atoms with Crippen LogP contribution in [0.1, 0.15) is 76.6 Å². The molecule has 0 aromatic heterocycles. The standard InChI is InChI=1S/C26H39ClF2N2O/c1-18(2)9-20-10-19(3)14-25(4,15-20)17-31-7-5-26(29,6-8-31)16-30-24(32)21-11-22(27)13-23(28)12-21/h11-13,18-20H,5-10,14-17H2,1-4H3,(H,30,32). The Kier molecular flexibility index (Phi) is 8.25. The summed E-state index contributed by atoms with van der Waals surface area (Å²) in [5.74, 6) is 1.20. The van der Waals surface area contributed by atoms with Crippen molar-refractivity contribution in [2.24, 2.45) is 23.2 Å². The van der Waals surface area contributed by atoms with E-state index in [0.717, 1.165) is 36.4 Å². The van der Waals surface area contributed by atoms with Crippen LogP contribution in [0.4, 0.5) is 8.78 Å². The zero-order chi connectivity index (χ0) is 23.5. The van der Waals surface area contributed by atoms with Gasteiger partial charge in [0.15, 0.2) is 0 Å². The molecule has 1 heterocycles. The van der Waals surface area contributed by atoms with Crippen LogP contribution in [0.15, 0.2) is 18.2 Å². The highest BCUT2D eigenvalue weighted by Gasteiger charge is 2.40. The Morgan fingerprint density at radius 3 is 2.56 bits per heavy atom. The third kappa shape index (κ3) is 7.15. The summed E-state index contributed by atoms with van der Waals surface area (Å²) in [6, 6.07) is 3.66. The number of hydrogen-bond acceptors (Lipinski definition) is 2. The predicted octanol–water partition coefficient (Wildman–Crippen LogP) is 6.50. The van der Waals surface area contributed by atoms with Crippen LogP contribution >= 0.6 is 11.6 Å². The molecule has 1 N–H and O–H groups in total. The van der Waals surface area contributed by atoms with E-state index >= 15 is 4.39 Å². The van der Waals surface area contributed by atoms with Crippen LogP contribution in [0.3, 0.4) is 0 Å². The van der Waals surface area contributed by atoms with E-state index in [4.69, 9.17) is 11.6 Å². The minimum atomic E-state index is -1.43. The summed E-state index contributed by atoms with van der Waals surface area (Å²) in [6.45, 7) is 11.8. The maximum atomic E-state index is 15.4. The molecule has 1 aliphatic carbocycles. The maximum Gasteiger partial charge on any atom is 0.251 e. The van der Waals surface area contributed by atoms with Crippen LogP contribution in [0.25, 0.3) is 0 Å². The topological polar surface area (TPSA) is 32.3 Å². The largest absolute Gasteiger partial charge is 0.349 e. The molecule has 1 aromatic rings. The molecule has 6 heteroatoms. The summed E-state index contributed by atoms with van der Waals surface area (Å²) in [4.78, 5) is 14.7. The third-order valence-corrected chi connectivity index (χ3v) is 7.43. The molecule has 2 aliphatic rings. The first kappa shape index (κ1) is 25.4. The lowest BCUT2D eigenvalue weighted by Crippen LogP contribution is -2.51. The molecule has 0 radical (unpaired) electrons. The van der Waals surface area contributed by atoms with Crippen LogP contribution in [-0.2, 0) is 0 Å². The van der Waals surface area contributed by atoms with Gasteiger partial charge in [-0.05, 0) is 79.9 Å². The lowest BCUT2D eigenvalue weighted by Gasteiger charge is -2.46. The minimum Gasteiger partial charge on any atom is -0.349 e. The van der Waals surface area contributed by atoms with Gasteiger partial charge in [0.2, 0.25) is 0 Å². The molecule has 3 nitrogen and oxygen atoms in total. The number of halogens is 3. The smallest absolute Gasteiger partial charge is 0.251 e. The number of carbonyl (C=O) groups excluding carboxylic acids is 1. The lowest BCUT2D eigenvalue weighted by atomic mass is 9.65. The van der Waals surface area contributed by atoms with Gasteiger partial charge in [0.05, 0.1) is 6.54 Å². The van der Waals surface area contributed by atoms with E-state index in [-0.39, 0.29) is 17.1 Å². The summed E-state index contributed by atoms with van der Waals surface area (Å²) < 4.78 is 28.9. The molecule has 0 bridgehead atoms. The maximum absolute atomic E-state index is 15.4. The zero-order valence-corrected chi connectivity index (χ0v) is 20.8. The Bertz CT molecular complexity index is 772. The number of rotatable bonds is 7. The SMILES string of the molecule is CC(C)CC1CC(C)CC(C)(CN2CCC(F)(CNC(=O)c3cc(F)cc(Cl)c3)CC2)C1. The molecule has 3 unspecified atom stereocenters. The van der Waals surface area contributed by atoms with Crippen LogP contribution in [0, 0.1) is 29.0 Å². The zero-order valence-electron chi connectivity index (χ0n) is 20.0. The van der Waals surface area contributed by atoms with Crippen molar-refractivity contribution < 1.29 is 13.6 Å². The van der Waals surface area contributed by atoms with Crippen molar-refractivity contribution in [1.29, 1.82) is 0 Å². The monoisotopic (exact) mass is 468 g/mol. The fourth-order valence-electron chi connectivity index (χ4n) is 6.19. The molecular formula is C26H39ClF2N2O. The first-order valence-electron chi connectivity index (χ1n) is 12.1. The van der Waals surface area contributed by atoms with Crippen molar-refractivity contribution in [3.8, 4) is 0 Å². The van der Waals surface area contributed by atoms with E-state index < -0.39 is 17.4 Å². The van der Waals surface area contributed by atoms with Crippen molar-refractivity contribution in [2.75, 3.05) is 26.2 Å². The fourth-order valence-corrected chi connectivity index (χ4v) is 6.41.